The first-order valence-corrected chi connectivity index (χ1v) is 11.9. The molecule has 32 heavy (non-hydrogen) atoms. The summed E-state index contributed by atoms with van der Waals surface area (Å²) < 4.78 is 34.3. The summed E-state index contributed by atoms with van der Waals surface area (Å²) in [5, 5.41) is 13.8. The van der Waals surface area contributed by atoms with Gasteiger partial charge < -0.3 is 10.1 Å². The van der Waals surface area contributed by atoms with E-state index in [2.05, 4.69) is 10.0 Å². The molecule has 2 N–H and O–H groups in total. The van der Waals surface area contributed by atoms with Gasteiger partial charge >= 0.3 is 0 Å². The van der Waals surface area contributed by atoms with Crippen LogP contribution < -0.4 is 14.8 Å². The Hall–Kier alpha value is -2.98. The zero-order valence-electron chi connectivity index (χ0n) is 18.3. The van der Waals surface area contributed by atoms with Crippen LogP contribution in [0.4, 0.5) is 11.4 Å². The Morgan fingerprint density at radius 1 is 1.19 bits per heavy atom. The van der Waals surface area contributed by atoms with E-state index in [-0.39, 0.29) is 39.5 Å². The molecule has 0 heterocycles. The number of carbonyl (C=O) groups is 1. The molecule has 1 saturated carbocycles. The summed E-state index contributed by atoms with van der Waals surface area (Å²) in [6, 6.07) is 8.32. The number of anilines is 1. The summed E-state index contributed by atoms with van der Waals surface area (Å²) in [6.45, 7) is 3.56. The van der Waals surface area contributed by atoms with Crippen molar-refractivity contribution >= 4 is 27.3 Å². The number of methoxy groups -OCH3 is 1. The zero-order chi connectivity index (χ0) is 23.5. The number of benzene rings is 2. The first-order chi connectivity index (χ1) is 15.1. The molecule has 0 bridgehead atoms. The van der Waals surface area contributed by atoms with Crippen LogP contribution in [0.2, 0.25) is 0 Å². The van der Waals surface area contributed by atoms with Crippen LogP contribution in [0.1, 0.15) is 48.5 Å². The van der Waals surface area contributed by atoms with Crippen molar-refractivity contribution in [3.8, 4) is 5.75 Å². The number of hydrogen-bond donors (Lipinski definition) is 2. The summed E-state index contributed by atoms with van der Waals surface area (Å²) in [7, 11) is -2.57. The fourth-order valence-corrected chi connectivity index (χ4v) is 5.51. The van der Waals surface area contributed by atoms with Gasteiger partial charge in [-0.05, 0) is 49.9 Å². The third-order valence-corrected chi connectivity index (χ3v) is 7.39. The smallest absolute Gasteiger partial charge is 0.274 e. The number of sulfonamides is 1. The number of hydrogen-bond acceptors (Lipinski definition) is 6. The second kappa shape index (κ2) is 9.66. The highest BCUT2D eigenvalue weighted by Crippen LogP contribution is 2.30. The number of nitrogens with one attached hydrogen (secondary N) is 2. The van der Waals surface area contributed by atoms with Gasteiger partial charge in [-0.1, -0.05) is 25.8 Å². The van der Waals surface area contributed by atoms with E-state index in [0.717, 1.165) is 25.7 Å². The lowest BCUT2D eigenvalue weighted by Crippen LogP contribution is -2.41. The van der Waals surface area contributed by atoms with Crippen LogP contribution in [0.5, 0.6) is 5.75 Å². The average Bonchev–Trinajstić information content (AvgIpc) is 2.76. The third-order valence-electron chi connectivity index (χ3n) is 5.88. The second-order valence-electron chi connectivity index (χ2n) is 8.02. The Labute approximate surface area is 187 Å². The largest absolute Gasteiger partial charge is 0.495 e. The van der Waals surface area contributed by atoms with Crippen molar-refractivity contribution in [1.82, 2.24) is 4.72 Å². The lowest BCUT2D eigenvalue weighted by molar-refractivity contribution is -0.385. The zero-order valence-corrected chi connectivity index (χ0v) is 19.1. The Kier molecular flexibility index (Phi) is 7.15. The Balaban J connectivity index is 1.90. The van der Waals surface area contributed by atoms with Gasteiger partial charge in [-0.15, -0.1) is 0 Å². The Bertz CT molecular complexity index is 1130. The number of carbonyl (C=O) groups excluding carboxylic acids is 1. The van der Waals surface area contributed by atoms with E-state index in [1.807, 2.05) is 6.92 Å². The minimum atomic E-state index is -3.93. The number of rotatable bonds is 7. The number of nitro benzene ring substituents is 1. The van der Waals surface area contributed by atoms with Crippen LogP contribution in [0, 0.1) is 23.0 Å². The summed E-state index contributed by atoms with van der Waals surface area (Å²) >= 11 is 0. The number of ether oxygens (including phenoxy) is 1. The summed E-state index contributed by atoms with van der Waals surface area (Å²) in [4.78, 5) is 23.3. The van der Waals surface area contributed by atoms with Gasteiger partial charge in [0.15, 0.2) is 0 Å². The molecule has 1 aliphatic rings. The maximum Gasteiger partial charge on any atom is 0.274 e. The van der Waals surface area contributed by atoms with Crippen molar-refractivity contribution < 1.29 is 22.9 Å². The van der Waals surface area contributed by atoms with E-state index >= 15 is 0 Å². The van der Waals surface area contributed by atoms with Crippen LogP contribution in [0.3, 0.4) is 0 Å². The fourth-order valence-electron chi connectivity index (χ4n) is 3.93. The summed E-state index contributed by atoms with van der Waals surface area (Å²) in [6.07, 6.45) is 3.75. The van der Waals surface area contributed by atoms with Gasteiger partial charge in [0.05, 0.1) is 23.3 Å². The lowest BCUT2D eigenvalue weighted by atomic mass is 9.87. The molecule has 0 aromatic heterocycles. The molecule has 1 fully saturated rings. The van der Waals surface area contributed by atoms with Crippen LogP contribution in [0.15, 0.2) is 41.3 Å². The molecule has 2 aromatic rings. The number of nitrogens with zero attached hydrogens (tertiary/aromatic N) is 1. The molecule has 0 aliphatic heterocycles. The molecule has 0 saturated heterocycles. The van der Waals surface area contributed by atoms with Gasteiger partial charge in [0, 0.05) is 17.7 Å². The third kappa shape index (κ3) is 5.08. The normalized spacial score (nSPS) is 18.7. The van der Waals surface area contributed by atoms with Gasteiger partial charge in [0.1, 0.15) is 10.6 Å². The molecule has 1 aliphatic carbocycles. The van der Waals surface area contributed by atoms with Gasteiger partial charge in [0.25, 0.3) is 11.6 Å². The van der Waals surface area contributed by atoms with Crippen LogP contribution >= 0.6 is 0 Å². The molecule has 0 radical (unpaired) electrons. The molecule has 2 aromatic carbocycles. The van der Waals surface area contributed by atoms with Gasteiger partial charge in [-0.3, -0.25) is 14.9 Å². The van der Waals surface area contributed by atoms with E-state index in [1.165, 1.54) is 44.4 Å². The fraction of sp³-hybridized carbons (Fsp3) is 0.409. The van der Waals surface area contributed by atoms with E-state index < -0.39 is 20.9 Å². The second-order valence-corrected chi connectivity index (χ2v) is 9.70. The highest BCUT2D eigenvalue weighted by molar-refractivity contribution is 7.89. The number of amides is 1. The van der Waals surface area contributed by atoms with Crippen molar-refractivity contribution in [2.75, 3.05) is 12.4 Å². The molecule has 172 valence electrons. The van der Waals surface area contributed by atoms with E-state index in [9.17, 15) is 23.3 Å². The molecule has 10 heteroatoms. The van der Waals surface area contributed by atoms with Crippen LogP contribution in [0.25, 0.3) is 0 Å². The van der Waals surface area contributed by atoms with E-state index in [4.69, 9.17) is 4.74 Å². The first kappa shape index (κ1) is 23.7. The van der Waals surface area contributed by atoms with Crippen molar-refractivity contribution in [3.05, 3.63) is 57.6 Å². The first-order valence-electron chi connectivity index (χ1n) is 10.4. The van der Waals surface area contributed by atoms with Gasteiger partial charge in [-0.2, -0.15) is 0 Å². The summed E-state index contributed by atoms with van der Waals surface area (Å²) in [5.74, 6) is -0.240. The molecule has 2 atom stereocenters. The monoisotopic (exact) mass is 461 g/mol. The highest BCUT2D eigenvalue weighted by atomic mass is 32.2. The van der Waals surface area contributed by atoms with Crippen molar-refractivity contribution in [2.45, 2.75) is 50.5 Å². The maximum atomic E-state index is 13.1. The molecular weight excluding hydrogens is 434 g/mol. The predicted octanol–water partition coefficient (Wildman–Crippen LogP) is 4.02. The molecule has 3 rings (SSSR count). The molecule has 0 spiro atoms. The molecular formula is C22H27N3O6S. The predicted molar refractivity (Wildman–Crippen MR) is 121 cm³/mol. The molecule has 2 unspecified atom stereocenters. The lowest BCUT2D eigenvalue weighted by Gasteiger charge is -2.29. The average molecular weight is 462 g/mol. The Morgan fingerprint density at radius 3 is 2.56 bits per heavy atom. The van der Waals surface area contributed by atoms with Crippen molar-refractivity contribution in [1.29, 1.82) is 0 Å². The maximum absolute atomic E-state index is 13.1. The topological polar surface area (TPSA) is 128 Å². The quantitative estimate of drug-likeness (QED) is 0.473. The van der Waals surface area contributed by atoms with Crippen LogP contribution in [-0.4, -0.2) is 32.4 Å². The summed E-state index contributed by atoms with van der Waals surface area (Å²) in [5.41, 5.74) is 0.555. The van der Waals surface area contributed by atoms with Gasteiger partial charge in [0.2, 0.25) is 10.0 Å². The molecule has 9 nitrogen and oxygen atoms in total. The van der Waals surface area contributed by atoms with E-state index in [0.29, 0.717) is 5.56 Å². The minimum absolute atomic E-state index is 0.0915. The standard InChI is InChI=1S/C22H27N3O6S/c1-14-7-4-5-8-17(14)24-32(29,30)21-13-16(11-12-20(21)31-3)22(26)23-18-9-6-10-19(15(18)2)25(27)28/h6,9-14,17,24H,4-5,7-8H2,1-3H3,(H,23,26). The Morgan fingerprint density at radius 2 is 1.91 bits per heavy atom. The van der Waals surface area contributed by atoms with Crippen molar-refractivity contribution in [2.24, 2.45) is 5.92 Å². The highest BCUT2D eigenvalue weighted by Gasteiger charge is 2.29. The SMILES string of the molecule is COc1ccc(C(=O)Nc2cccc([N+](=O)[O-])c2C)cc1S(=O)(=O)NC1CCCCC1C. The van der Waals surface area contributed by atoms with E-state index in [1.54, 1.807) is 6.07 Å². The van der Waals surface area contributed by atoms with Gasteiger partial charge in [-0.25, -0.2) is 13.1 Å². The van der Waals surface area contributed by atoms with Crippen LogP contribution in [-0.2, 0) is 10.0 Å². The number of nitro groups is 1. The minimum Gasteiger partial charge on any atom is -0.495 e. The molecule has 1 amide bonds. The van der Waals surface area contributed by atoms with Crippen molar-refractivity contribution in [3.63, 3.8) is 0 Å².